The quantitative estimate of drug-likeness (QED) is 0.301. The van der Waals surface area contributed by atoms with Crippen LogP contribution in [-0.2, 0) is 0 Å². The maximum atomic E-state index is 9.40. The average molecular weight is 428 g/mol. The van der Waals surface area contributed by atoms with Crippen molar-refractivity contribution < 1.29 is 0 Å². The Bertz CT molecular complexity index is 507. The fourth-order valence-corrected chi connectivity index (χ4v) is 7.46. The highest BCUT2D eigenvalue weighted by Gasteiger charge is 2.37. The fraction of sp³-hybridized carbons (Fsp3) is 0.967. The third-order valence-corrected chi connectivity index (χ3v) is 9.91. The van der Waals surface area contributed by atoms with E-state index in [4.69, 9.17) is 0 Å². The Kier molecular flexibility index (Phi) is 10.7. The summed E-state index contributed by atoms with van der Waals surface area (Å²) in [5.41, 5.74) is -0.0129. The van der Waals surface area contributed by atoms with Gasteiger partial charge in [0.05, 0.1) is 11.5 Å². The van der Waals surface area contributed by atoms with Crippen molar-refractivity contribution in [2.24, 2.45) is 35.0 Å². The first kappa shape index (κ1) is 25.1. The Balaban J connectivity index is 1.23. The van der Waals surface area contributed by atoms with Gasteiger partial charge in [-0.05, 0) is 101 Å². The summed E-state index contributed by atoms with van der Waals surface area (Å²) in [6.45, 7) is 4.49. The van der Waals surface area contributed by atoms with E-state index in [1.54, 1.807) is 12.8 Å². The molecule has 0 N–H and O–H groups in total. The topological polar surface area (TPSA) is 23.8 Å². The van der Waals surface area contributed by atoms with Crippen molar-refractivity contribution in [1.82, 2.24) is 0 Å². The van der Waals surface area contributed by atoms with Crippen molar-refractivity contribution in [3.05, 3.63) is 0 Å². The second-order valence-corrected chi connectivity index (χ2v) is 12.2. The Labute approximate surface area is 195 Å². The average Bonchev–Trinajstić information content (AvgIpc) is 2.82. The maximum absolute atomic E-state index is 9.40. The molecule has 0 heterocycles. The van der Waals surface area contributed by atoms with Crippen LogP contribution in [0.1, 0.15) is 149 Å². The van der Waals surface area contributed by atoms with Gasteiger partial charge in [0.1, 0.15) is 0 Å². The molecule has 0 saturated heterocycles. The molecule has 3 rings (SSSR count). The number of nitrogens with zero attached hydrogens (tertiary/aromatic N) is 1. The first-order chi connectivity index (χ1) is 15.1. The molecular weight excluding hydrogens is 374 g/mol. The van der Waals surface area contributed by atoms with Crippen molar-refractivity contribution >= 4 is 0 Å². The molecule has 0 unspecified atom stereocenters. The van der Waals surface area contributed by atoms with Gasteiger partial charge in [-0.15, -0.1) is 0 Å². The van der Waals surface area contributed by atoms with E-state index in [1.165, 1.54) is 109 Å². The van der Waals surface area contributed by atoms with Crippen LogP contribution in [0.3, 0.4) is 0 Å². The van der Waals surface area contributed by atoms with E-state index in [0.29, 0.717) is 0 Å². The third kappa shape index (κ3) is 8.09. The molecule has 31 heavy (non-hydrogen) atoms. The lowest BCUT2D eigenvalue weighted by Gasteiger charge is -2.42. The lowest BCUT2D eigenvalue weighted by Crippen LogP contribution is -2.31. The smallest absolute Gasteiger partial charge is 0.0686 e. The minimum atomic E-state index is -0.0129. The van der Waals surface area contributed by atoms with Crippen molar-refractivity contribution in [2.75, 3.05) is 0 Å². The molecule has 3 fully saturated rings. The lowest BCUT2D eigenvalue weighted by atomic mass is 9.63. The lowest BCUT2D eigenvalue weighted by molar-refractivity contribution is 0.0962. The van der Waals surface area contributed by atoms with E-state index in [2.05, 4.69) is 19.9 Å². The van der Waals surface area contributed by atoms with Gasteiger partial charge in [0.2, 0.25) is 0 Å². The first-order valence-electron chi connectivity index (χ1n) is 14.5. The molecule has 1 heteroatoms. The van der Waals surface area contributed by atoms with Gasteiger partial charge in [0.25, 0.3) is 0 Å². The molecule has 0 spiro atoms. The predicted molar refractivity (Wildman–Crippen MR) is 134 cm³/mol. The Morgan fingerprint density at radius 1 is 0.613 bits per heavy atom. The second kappa shape index (κ2) is 13.3. The maximum Gasteiger partial charge on any atom is 0.0686 e. The largest absolute Gasteiger partial charge is 0.198 e. The van der Waals surface area contributed by atoms with Crippen molar-refractivity contribution in [2.45, 2.75) is 149 Å². The molecule has 3 aliphatic carbocycles. The van der Waals surface area contributed by atoms with Crippen molar-refractivity contribution in [3.8, 4) is 6.07 Å². The summed E-state index contributed by atoms with van der Waals surface area (Å²) in [4.78, 5) is 0. The molecule has 0 aromatic rings. The Morgan fingerprint density at radius 3 is 1.52 bits per heavy atom. The summed E-state index contributed by atoms with van der Waals surface area (Å²) in [6.07, 6.45) is 30.4. The van der Waals surface area contributed by atoms with Gasteiger partial charge in [-0.1, -0.05) is 77.6 Å². The molecule has 0 aromatic heterocycles. The molecule has 1 nitrogen and oxygen atoms in total. The van der Waals surface area contributed by atoms with Gasteiger partial charge in [0.15, 0.2) is 0 Å². The van der Waals surface area contributed by atoms with Gasteiger partial charge in [-0.25, -0.2) is 0 Å². The first-order valence-corrected chi connectivity index (χ1v) is 14.5. The predicted octanol–water partition coefficient (Wildman–Crippen LogP) is 9.85. The number of hydrogen-bond acceptors (Lipinski definition) is 1. The van der Waals surface area contributed by atoms with Crippen LogP contribution < -0.4 is 0 Å². The van der Waals surface area contributed by atoms with E-state index < -0.39 is 0 Å². The second-order valence-electron chi connectivity index (χ2n) is 12.2. The summed E-state index contributed by atoms with van der Waals surface area (Å²) in [5, 5.41) is 9.40. The molecule has 3 aliphatic rings. The summed E-state index contributed by atoms with van der Waals surface area (Å²) in [5.74, 6) is 5.09. The minimum Gasteiger partial charge on any atom is -0.198 e. The summed E-state index contributed by atoms with van der Waals surface area (Å²) in [6, 6.07) is 2.59. The molecule has 0 bridgehead atoms. The van der Waals surface area contributed by atoms with Gasteiger partial charge in [-0.3, -0.25) is 0 Å². The van der Waals surface area contributed by atoms with Gasteiger partial charge in [-0.2, -0.15) is 5.26 Å². The molecule has 3 saturated carbocycles. The zero-order valence-corrected chi connectivity index (χ0v) is 21.2. The van der Waals surface area contributed by atoms with E-state index in [-0.39, 0.29) is 5.41 Å². The highest BCUT2D eigenvalue weighted by molar-refractivity contribution is 4.99. The minimum absolute atomic E-state index is 0.0129. The number of hydrogen-bond donors (Lipinski definition) is 0. The number of rotatable bonds is 11. The van der Waals surface area contributed by atoms with Gasteiger partial charge < -0.3 is 0 Å². The monoisotopic (exact) mass is 427 g/mol. The highest BCUT2D eigenvalue weighted by Crippen LogP contribution is 2.48. The van der Waals surface area contributed by atoms with Crippen LogP contribution in [0.25, 0.3) is 0 Å². The molecule has 0 atom stereocenters. The molecule has 0 radical (unpaired) electrons. The van der Waals surface area contributed by atoms with Crippen molar-refractivity contribution in [1.29, 1.82) is 5.26 Å². The van der Waals surface area contributed by atoms with E-state index in [9.17, 15) is 5.26 Å². The Morgan fingerprint density at radius 2 is 1.03 bits per heavy atom. The molecule has 0 aromatic carbocycles. The van der Waals surface area contributed by atoms with Crippen LogP contribution in [0, 0.1) is 46.3 Å². The molecular formula is C30H53N. The summed E-state index contributed by atoms with van der Waals surface area (Å²) in [7, 11) is 0. The van der Waals surface area contributed by atoms with Crippen LogP contribution >= 0.6 is 0 Å². The van der Waals surface area contributed by atoms with Crippen LogP contribution in [0.15, 0.2) is 0 Å². The number of nitriles is 1. The standard InChI is InChI=1S/C30H53N/c1-3-4-5-6-7-8-9-10-11-25-12-14-26(15-13-25)27-16-18-28(19-17-27)29-20-22-30(2,24-31)23-21-29/h25-29H,3-23H2,1-2H3. The molecule has 178 valence electrons. The van der Waals surface area contributed by atoms with E-state index >= 15 is 0 Å². The SMILES string of the molecule is CCCCCCCCCCC1CCC(C2CCC(C3CCC(C)(C#N)CC3)CC2)CC1. The summed E-state index contributed by atoms with van der Waals surface area (Å²) >= 11 is 0. The zero-order chi connectivity index (χ0) is 21.9. The van der Waals surface area contributed by atoms with Gasteiger partial charge >= 0.3 is 0 Å². The molecule has 0 aliphatic heterocycles. The van der Waals surface area contributed by atoms with Gasteiger partial charge in [0, 0.05) is 0 Å². The highest BCUT2D eigenvalue weighted by atomic mass is 14.4. The van der Waals surface area contributed by atoms with Crippen LogP contribution in [-0.4, -0.2) is 0 Å². The molecule has 0 amide bonds. The Hall–Kier alpha value is -0.510. The van der Waals surface area contributed by atoms with E-state index in [1.807, 2.05) is 0 Å². The van der Waals surface area contributed by atoms with Crippen molar-refractivity contribution in [3.63, 3.8) is 0 Å². The normalized spacial score (nSPS) is 36.7. The van der Waals surface area contributed by atoms with Crippen LogP contribution in [0.4, 0.5) is 0 Å². The number of unbranched alkanes of at least 4 members (excludes halogenated alkanes) is 7. The zero-order valence-electron chi connectivity index (χ0n) is 21.2. The van der Waals surface area contributed by atoms with Crippen LogP contribution in [0.5, 0.6) is 0 Å². The van der Waals surface area contributed by atoms with E-state index in [0.717, 1.165) is 42.4 Å². The fourth-order valence-electron chi connectivity index (χ4n) is 7.46. The van der Waals surface area contributed by atoms with Crippen LogP contribution in [0.2, 0.25) is 0 Å². The summed E-state index contributed by atoms with van der Waals surface area (Å²) < 4.78 is 0. The third-order valence-electron chi connectivity index (χ3n) is 9.91.